The Morgan fingerprint density at radius 1 is 0.766 bits per heavy atom. The smallest absolute Gasteiger partial charge is 0.258 e. The van der Waals surface area contributed by atoms with E-state index in [1.165, 1.54) is 11.3 Å². The molecular weight excluding hydrogens is 603 g/mol. The van der Waals surface area contributed by atoms with Gasteiger partial charge in [-0.3, -0.25) is 19.5 Å². The minimum Gasteiger partial charge on any atom is -0.375 e. The molecule has 0 fully saturated rings. The number of thiazole rings is 1. The van der Waals surface area contributed by atoms with Gasteiger partial charge in [0.1, 0.15) is 6.54 Å². The van der Waals surface area contributed by atoms with Crippen LogP contribution in [0.4, 0.5) is 10.8 Å². The van der Waals surface area contributed by atoms with Gasteiger partial charge in [0, 0.05) is 41.1 Å². The second-order valence-electron chi connectivity index (χ2n) is 11.3. The lowest BCUT2D eigenvalue weighted by molar-refractivity contribution is -0.132. The van der Waals surface area contributed by atoms with Crippen LogP contribution in [0, 0.1) is 0 Å². The Morgan fingerprint density at radius 3 is 2.04 bits per heavy atom. The van der Waals surface area contributed by atoms with Crippen molar-refractivity contribution in [3.05, 3.63) is 167 Å². The minimum atomic E-state index is -0.267. The summed E-state index contributed by atoms with van der Waals surface area (Å²) in [4.78, 5) is 40.5. The molecular formula is C39H35N5O2S. The molecule has 0 radical (unpaired) electrons. The largest absolute Gasteiger partial charge is 0.375 e. The zero-order chi connectivity index (χ0) is 32.6. The number of anilines is 2. The molecule has 2 heterocycles. The minimum absolute atomic E-state index is 0.128. The van der Waals surface area contributed by atoms with E-state index < -0.39 is 0 Å². The Balaban J connectivity index is 1.31. The first-order valence-corrected chi connectivity index (χ1v) is 16.3. The van der Waals surface area contributed by atoms with Crippen molar-refractivity contribution in [3.63, 3.8) is 0 Å². The molecule has 6 aromatic rings. The van der Waals surface area contributed by atoms with Crippen LogP contribution in [0.5, 0.6) is 0 Å². The first-order valence-electron chi connectivity index (χ1n) is 15.4. The van der Waals surface area contributed by atoms with Crippen LogP contribution in [0.1, 0.15) is 45.6 Å². The fourth-order valence-electron chi connectivity index (χ4n) is 5.53. The maximum atomic E-state index is 14.3. The lowest BCUT2D eigenvalue weighted by Crippen LogP contribution is -2.43. The molecule has 2 aromatic heterocycles. The molecule has 0 aliphatic rings. The summed E-state index contributed by atoms with van der Waals surface area (Å²) in [5.41, 5.74) is 12.8. The zero-order valence-corrected chi connectivity index (χ0v) is 26.9. The van der Waals surface area contributed by atoms with Gasteiger partial charge in [-0.1, -0.05) is 84.9 Å². The van der Waals surface area contributed by atoms with E-state index in [-0.39, 0.29) is 24.4 Å². The Morgan fingerprint density at radius 2 is 1.40 bits per heavy atom. The quantitative estimate of drug-likeness (QED) is 0.156. The summed E-state index contributed by atoms with van der Waals surface area (Å²) in [6, 6.07) is 38.8. The van der Waals surface area contributed by atoms with E-state index in [2.05, 4.69) is 9.97 Å². The van der Waals surface area contributed by atoms with E-state index in [1.807, 2.05) is 126 Å². The summed E-state index contributed by atoms with van der Waals surface area (Å²) in [6.45, 7) is 2.31. The lowest BCUT2D eigenvalue weighted by atomic mass is 10.0. The number of pyridine rings is 1. The van der Waals surface area contributed by atoms with Crippen LogP contribution in [0.3, 0.4) is 0 Å². The Bertz CT molecular complexity index is 1910. The second kappa shape index (κ2) is 14.7. The van der Waals surface area contributed by atoms with Gasteiger partial charge in [0.2, 0.25) is 5.91 Å². The third kappa shape index (κ3) is 7.80. The molecule has 0 bridgehead atoms. The van der Waals surface area contributed by atoms with E-state index in [0.29, 0.717) is 22.9 Å². The highest BCUT2D eigenvalue weighted by atomic mass is 32.1. The molecule has 47 heavy (non-hydrogen) atoms. The summed E-state index contributed by atoms with van der Waals surface area (Å²) < 4.78 is 0. The van der Waals surface area contributed by atoms with Gasteiger partial charge < -0.3 is 10.6 Å². The molecule has 6 rings (SSSR count). The summed E-state index contributed by atoms with van der Waals surface area (Å²) in [6.07, 6.45) is 4.29. The average molecular weight is 638 g/mol. The van der Waals surface area contributed by atoms with Crippen LogP contribution in [-0.4, -0.2) is 33.2 Å². The molecule has 234 valence electrons. The first-order chi connectivity index (χ1) is 22.9. The van der Waals surface area contributed by atoms with Gasteiger partial charge in [-0.25, -0.2) is 4.98 Å². The average Bonchev–Trinajstić information content (AvgIpc) is 3.56. The van der Waals surface area contributed by atoms with Crippen LogP contribution < -0.4 is 10.6 Å². The fourth-order valence-corrected chi connectivity index (χ4v) is 6.10. The van der Waals surface area contributed by atoms with Crippen molar-refractivity contribution in [2.24, 2.45) is 0 Å². The van der Waals surface area contributed by atoms with Crippen LogP contribution in [0.15, 0.2) is 139 Å². The van der Waals surface area contributed by atoms with Crippen molar-refractivity contribution >= 4 is 34.0 Å². The molecule has 2 N–H and O–H groups in total. The highest BCUT2D eigenvalue weighted by molar-refractivity contribution is 7.13. The van der Waals surface area contributed by atoms with Crippen LogP contribution in [0.2, 0.25) is 0 Å². The van der Waals surface area contributed by atoms with E-state index in [0.717, 1.165) is 39.9 Å². The van der Waals surface area contributed by atoms with Gasteiger partial charge in [-0.05, 0) is 72.0 Å². The molecule has 0 saturated heterocycles. The van der Waals surface area contributed by atoms with Crippen molar-refractivity contribution in [2.75, 3.05) is 17.2 Å². The zero-order valence-electron chi connectivity index (χ0n) is 26.1. The summed E-state index contributed by atoms with van der Waals surface area (Å²) >= 11 is 1.37. The standard InChI is InChI=1S/C39H35N5O2S/c1-28(32-10-6-3-7-11-32)43(25-31-8-4-2-5-9-31)37(45)26-44(35-18-12-29(13-19-35)24-30-20-22-41-23-21-30)38(46)34-16-14-33(15-17-34)36-27-47-39(40)42-36/h2-23,27-28H,24-26H2,1H3,(H2,40,42)/t28-/m0/s1. The van der Waals surface area contributed by atoms with Crippen LogP contribution >= 0.6 is 11.3 Å². The van der Waals surface area contributed by atoms with Gasteiger partial charge in [-0.2, -0.15) is 0 Å². The van der Waals surface area contributed by atoms with E-state index in [1.54, 1.807) is 29.4 Å². The number of hydrogen-bond acceptors (Lipinski definition) is 6. The number of aromatic nitrogens is 2. The fraction of sp³-hybridized carbons (Fsp3) is 0.128. The van der Waals surface area contributed by atoms with Crippen LogP contribution in [-0.2, 0) is 17.8 Å². The van der Waals surface area contributed by atoms with Crippen molar-refractivity contribution in [1.82, 2.24) is 14.9 Å². The number of nitrogens with zero attached hydrogens (tertiary/aromatic N) is 4. The number of amides is 2. The van der Waals surface area contributed by atoms with Crippen molar-refractivity contribution in [2.45, 2.75) is 25.9 Å². The van der Waals surface area contributed by atoms with Crippen molar-refractivity contribution in [1.29, 1.82) is 0 Å². The number of hydrogen-bond donors (Lipinski definition) is 1. The Labute approximate surface area is 279 Å². The molecule has 2 amide bonds. The van der Waals surface area contributed by atoms with E-state index >= 15 is 0 Å². The third-order valence-electron chi connectivity index (χ3n) is 8.16. The van der Waals surface area contributed by atoms with Gasteiger partial charge in [0.25, 0.3) is 5.91 Å². The van der Waals surface area contributed by atoms with E-state index in [9.17, 15) is 9.59 Å². The summed E-state index contributed by atoms with van der Waals surface area (Å²) in [5, 5.41) is 2.38. The predicted molar refractivity (Wildman–Crippen MR) is 189 cm³/mol. The van der Waals surface area contributed by atoms with Crippen LogP contribution in [0.25, 0.3) is 11.3 Å². The molecule has 0 saturated carbocycles. The number of rotatable bonds is 11. The van der Waals surface area contributed by atoms with Crippen molar-refractivity contribution in [3.8, 4) is 11.3 Å². The van der Waals surface area contributed by atoms with E-state index in [4.69, 9.17) is 5.73 Å². The topological polar surface area (TPSA) is 92.4 Å². The Hall–Kier alpha value is -5.60. The third-order valence-corrected chi connectivity index (χ3v) is 8.83. The second-order valence-corrected chi connectivity index (χ2v) is 12.2. The molecule has 0 aliphatic heterocycles. The normalized spacial score (nSPS) is 11.5. The molecule has 0 aliphatic carbocycles. The number of nitrogens with two attached hydrogens (primary N) is 1. The van der Waals surface area contributed by atoms with Gasteiger partial charge in [0.15, 0.2) is 5.13 Å². The maximum Gasteiger partial charge on any atom is 0.258 e. The maximum absolute atomic E-state index is 14.3. The highest BCUT2D eigenvalue weighted by Crippen LogP contribution is 2.27. The molecule has 0 spiro atoms. The Kier molecular flexibility index (Phi) is 9.79. The molecule has 4 aromatic carbocycles. The number of carbonyl (C=O) groups is 2. The number of nitrogen functional groups attached to an aromatic ring is 1. The number of carbonyl (C=O) groups excluding carboxylic acids is 2. The summed E-state index contributed by atoms with van der Waals surface area (Å²) in [7, 11) is 0. The highest BCUT2D eigenvalue weighted by Gasteiger charge is 2.27. The number of benzene rings is 4. The van der Waals surface area contributed by atoms with Gasteiger partial charge >= 0.3 is 0 Å². The first kappa shape index (κ1) is 31.4. The predicted octanol–water partition coefficient (Wildman–Crippen LogP) is 7.81. The molecule has 1 atom stereocenters. The van der Waals surface area contributed by atoms with Gasteiger partial charge in [-0.15, -0.1) is 11.3 Å². The SMILES string of the molecule is C[C@@H](c1ccccc1)N(Cc1ccccc1)C(=O)CN(C(=O)c1ccc(-c2csc(N)n2)cc1)c1ccc(Cc2ccncc2)cc1. The molecule has 0 unspecified atom stereocenters. The monoisotopic (exact) mass is 637 g/mol. The molecule has 7 nitrogen and oxygen atoms in total. The molecule has 8 heteroatoms. The summed E-state index contributed by atoms with van der Waals surface area (Å²) in [5.74, 6) is -0.425. The lowest BCUT2D eigenvalue weighted by Gasteiger charge is -2.32. The van der Waals surface area contributed by atoms with Crippen molar-refractivity contribution < 1.29 is 9.59 Å². The van der Waals surface area contributed by atoms with Gasteiger partial charge in [0.05, 0.1) is 11.7 Å².